The van der Waals surface area contributed by atoms with Crippen LogP contribution in [0.3, 0.4) is 0 Å². The van der Waals surface area contributed by atoms with Gasteiger partial charge in [-0.25, -0.2) is 0 Å². The molecular formula is C17H15NO3. The van der Waals surface area contributed by atoms with Crippen molar-refractivity contribution in [1.82, 2.24) is 0 Å². The molecule has 4 nitrogen and oxygen atoms in total. The summed E-state index contributed by atoms with van der Waals surface area (Å²) in [6.07, 6.45) is 0.0791. The van der Waals surface area contributed by atoms with E-state index in [-0.39, 0.29) is 18.9 Å². The second-order valence-corrected chi connectivity index (χ2v) is 5.16. The fourth-order valence-electron chi connectivity index (χ4n) is 2.59. The molecule has 1 aliphatic heterocycles. The summed E-state index contributed by atoms with van der Waals surface area (Å²) in [5.74, 6) is -1.65. The highest BCUT2D eigenvalue weighted by Crippen LogP contribution is 2.28. The van der Waals surface area contributed by atoms with Crippen LogP contribution < -0.4 is 4.90 Å². The molecule has 0 radical (unpaired) electrons. The van der Waals surface area contributed by atoms with Gasteiger partial charge in [0.25, 0.3) is 0 Å². The van der Waals surface area contributed by atoms with Crippen LogP contribution in [0, 0.1) is 5.92 Å². The highest BCUT2D eigenvalue weighted by molar-refractivity contribution is 5.99. The van der Waals surface area contributed by atoms with Gasteiger partial charge in [0.15, 0.2) is 0 Å². The van der Waals surface area contributed by atoms with Crippen LogP contribution in [0.25, 0.3) is 11.1 Å². The van der Waals surface area contributed by atoms with Crippen molar-refractivity contribution >= 4 is 17.6 Å². The monoisotopic (exact) mass is 281 g/mol. The predicted molar refractivity (Wildman–Crippen MR) is 80.0 cm³/mol. The van der Waals surface area contributed by atoms with E-state index in [0.29, 0.717) is 0 Å². The Morgan fingerprint density at radius 2 is 1.62 bits per heavy atom. The van der Waals surface area contributed by atoms with Crippen molar-refractivity contribution < 1.29 is 14.7 Å². The summed E-state index contributed by atoms with van der Waals surface area (Å²) in [6, 6.07) is 17.6. The van der Waals surface area contributed by atoms with Gasteiger partial charge >= 0.3 is 5.97 Å². The van der Waals surface area contributed by atoms with Gasteiger partial charge in [-0.15, -0.1) is 0 Å². The number of carbonyl (C=O) groups excluding carboxylic acids is 1. The van der Waals surface area contributed by atoms with Crippen LogP contribution in [-0.2, 0) is 9.59 Å². The number of amides is 1. The molecule has 0 saturated carbocycles. The average Bonchev–Trinajstić information content (AvgIpc) is 2.91. The minimum Gasteiger partial charge on any atom is -0.481 e. The molecule has 1 N–H and O–H groups in total. The van der Waals surface area contributed by atoms with Crippen molar-refractivity contribution in [2.75, 3.05) is 11.4 Å². The zero-order valence-corrected chi connectivity index (χ0v) is 11.4. The third kappa shape index (κ3) is 2.65. The Labute approximate surface area is 122 Å². The predicted octanol–water partition coefficient (Wildman–Crippen LogP) is 2.79. The summed E-state index contributed by atoms with van der Waals surface area (Å²) in [7, 11) is 0. The molecule has 21 heavy (non-hydrogen) atoms. The summed E-state index contributed by atoms with van der Waals surface area (Å²) in [4.78, 5) is 24.4. The topological polar surface area (TPSA) is 57.6 Å². The van der Waals surface area contributed by atoms with E-state index in [4.69, 9.17) is 5.11 Å². The number of benzene rings is 2. The molecule has 106 valence electrons. The van der Waals surface area contributed by atoms with Crippen LogP contribution in [0.2, 0.25) is 0 Å². The highest BCUT2D eigenvalue weighted by Gasteiger charge is 2.34. The third-order valence-electron chi connectivity index (χ3n) is 3.76. The van der Waals surface area contributed by atoms with E-state index in [0.717, 1.165) is 16.8 Å². The van der Waals surface area contributed by atoms with Crippen LogP contribution in [0.15, 0.2) is 54.6 Å². The van der Waals surface area contributed by atoms with E-state index in [1.807, 2.05) is 54.6 Å². The van der Waals surface area contributed by atoms with Crippen LogP contribution >= 0.6 is 0 Å². The number of aliphatic carboxylic acids is 1. The van der Waals surface area contributed by atoms with Crippen LogP contribution in [0.4, 0.5) is 5.69 Å². The van der Waals surface area contributed by atoms with Crippen LogP contribution in [-0.4, -0.2) is 23.5 Å². The fraction of sp³-hybridized carbons (Fsp3) is 0.176. The Balaban J connectivity index is 1.82. The lowest BCUT2D eigenvalue weighted by molar-refractivity contribution is -0.141. The number of nitrogens with zero attached hydrogens (tertiary/aromatic N) is 1. The molecule has 1 atom stereocenters. The second-order valence-electron chi connectivity index (χ2n) is 5.16. The van der Waals surface area contributed by atoms with Gasteiger partial charge in [0.2, 0.25) is 5.91 Å². The van der Waals surface area contributed by atoms with E-state index in [1.54, 1.807) is 4.90 Å². The van der Waals surface area contributed by atoms with E-state index >= 15 is 0 Å². The van der Waals surface area contributed by atoms with Crippen molar-refractivity contribution in [3.8, 4) is 11.1 Å². The maximum atomic E-state index is 11.9. The molecule has 0 aliphatic carbocycles. The van der Waals surface area contributed by atoms with Crippen molar-refractivity contribution in [1.29, 1.82) is 0 Å². The molecule has 1 fully saturated rings. The number of carbonyl (C=O) groups is 2. The van der Waals surface area contributed by atoms with Gasteiger partial charge in [-0.05, 0) is 23.3 Å². The lowest BCUT2D eigenvalue weighted by atomic mass is 10.1. The number of hydrogen-bond donors (Lipinski definition) is 1. The number of hydrogen-bond acceptors (Lipinski definition) is 2. The Hall–Kier alpha value is -2.62. The van der Waals surface area contributed by atoms with E-state index in [2.05, 4.69) is 0 Å². The standard InChI is InChI=1S/C17H15NO3/c19-16-10-14(17(20)21)11-18(16)15-8-6-13(7-9-15)12-4-2-1-3-5-12/h1-9,14H,10-11H2,(H,20,21)/t14-/m1/s1. The quantitative estimate of drug-likeness (QED) is 0.941. The number of rotatable bonds is 3. The van der Waals surface area contributed by atoms with Gasteiger partial charge in [-0.3, -0.25) is 9.59 Å². The summed E-state index contributed by atoms with van der Waals surface area (Å²) < 4.78 is 0. The first-order valence-corrected chi connectivity index (χ1v) is 6.84. The van der Waals surface area contributed by atoms with Gasteiger partial charge in [0, 0.05) is 18.7 Å². The molecule has 0 unspecified atom stereocenters. The van der Waals surface area contributed by atoms with Gasteiger partial charge in [0.1, 0.15) is 0 Å². The SMILES string of the molecule is O=C(O)[C@@H]1CC(=O)N(c2ccc(-c3ccccc3)cc2)C1. The Morgan fingerprint density at radius 3 is 2.19 bits per heavy atom. The highest BCUT2D eigenvalue weighted by atomic mass is 16.4. The van der Waals surface area contributed by atoms with Crippen molar-refractivity contribution in [3.63, 3.8) is 0 Å². The molecule has 0 aromatic heterocycles. The van der Waals surface area contributed by atoms with Gasteiger partial charge < -0.3 is 10.0 Å². The van der Waals surface area contributed by atoms with Crippen LogP contribution in [0.1, 0.15) is 6.42 Å². The normalized spacial score (nSPS) is 18.0. The van der Waals surface area contributed by atoms with E-state index in [1.165, 1.54) is 0 Å². The van der Waals surface area contributed by atoms with E-state index < -0.39 is 11.9 Å². The summed E-state index contributed by atoms with van der Waals surface area (Å²) in [5.41, 5.74) is 2.93. The number of anilines is 1. The minimum absolute atomic E-state index is 0.0791. The molecule has 0 bridgehead atoms. The molecule has 1 heterocycles. The lowest BCUT2D eigenvalue weighted by Gasteiger charge is -2.16. The lowest BCUT2D eigenvalue weighted by Crippen LogP contribution is -2.25. The maximum absolute atomic E-state index is 11.9. The maximum Gasteiger partial charge on any atom is 0.308 e. The van der Waals surface area contributed by atoms with Crippen LogP contribution in [0.5, 0.6) is 0 Å². The Kier molecular flexibility index (Phi) is 3.44. The van der Waals surface area contributed by atoms with Crippen molar-refractivity contribution in [2.45, 2.75) is 6.42 Å². The third-order valence-corrected chi connectivity index (χ3v) is 3.76. The molecule has 3 rings (SSSR count). The minimum atomic E-state index is -0.910. The zero-order valence-electron chi connectivity index (χ0n) is 11.4. The first-order chi connectivity index (χ1) is 10.1. The first kappa shape index (κ1) is 13.4. The summed E-state index contributed by atoms with van der Waals surface area (Å²) >= 11 is 0. The molecule has 4 heteroatoms. The van der Waals surface area contributed by atoms with E-state index in [9.17, 15) is 9.59 Å². The molecule has 1 saturated heterocycles. The first-order valence-electron chi connectivity index (χ1n) is 6.84. The van der Waals surface area contributed by atoms with Crippen molar-refractivity contribution in [2.24, 2.45) is 5.92 Å². The largest absolute Gasteiger partial charge is 0.481 e. The summed E-state index contributed by atoms with van der Waals surface area (Å²) in [5, 5.41) is 9.01. The number of carboxylic acids is 1. The second kappa shape index (κ2) is 5.40. The van der Waals surface area contributed by atoms with Crippen molar-refractivity contribution in [3.05, 3.63) is 54.6 Å². The Bertz CT molecular complexity index is 664. The molecule has 0 spiro atoms. The molecule has 2 aromatic carbocycles. The zero-order chi connectivity index (χ0) is 14.8. The van der Waals surface area contributed by atoms with Gasteiger partial charge in [0.05, 0.1) is 5.92 Å². The summed E-state index contributed by atoms with van der Waals surface area (Å²) in [6.45, 7) is 0.249. The van der Waals surface area contributed by atoms with Gasteiger partial charge in [-0.2, -0.15) is 0 Å². The Morgan fingerprint density at radius 1 is 1.00 bits per heavy atom. The average molecular weight is 281 g/mol. The smallest absolute Gasteiger partial charge is 0.308 e. The molecule has 1 aliphatic rings. The molecule has 1 amide bonds. The fourth-order valence-corrected chi connectivity index (χ4v) is 2.59. The number of carboxylic acid groups (broad SMARTS) is 1. The molecule has 2 aromatic rings. The molecular weight excluding hydrogens is 266 g/mol. The van der Waals surface area contributed by atoms with Gasteiger partial charge in [-0.1, -0.05) is 42.5 Å².